The van der Waals surface area contributed by atoms with Gasteiger partial charge < -0.3 is 0 Å². The van der Waals surface area contributed by atoms with Crippen molar-refractivity contribution in [2.24, 2.45) is 0 Å². The Labute approximate surface area is 129 Å². The number of hydrogen-bond acceptors (Lipinski definition) is 3. The Bertz CT molecular complexity index is 618. The molecular formula is C10H7BrCl2N2OS2. The third-order valence-electron chi connectivity index (χ3n) is 2.08. The maximum atomic E-state index is 12.1. The molecule has 0 saturated heterocycles. The summed E-state index contributed by atoms with van der Waals surface area (Å²) in [6.07, 6.45) is 1.68. The monoisotopic (exact) mass is 384 g/mol. The predicted octanol–water partition coefficient (Wildman–Crippen LogP) is 4.66. The predicted molar refractivity (Wildman–Crippen MR) is 81.0 cm³/mol. The van der Waals surface area contributed by atoms with Crippen molar-refractivity contribution in [1.29, 1.82) is 0 Å². The molecule has 2 heterocycles. The number of aryl methyl sites for hydroxylation is 1. The van der Waals surface area contributed by atoms with Crippen LogP contribution in [0.4, 0.5) is 5.69 Å². The quantitative estimate of drug-likeness (QED) is 0.834. The highest BCUT2D eigenvalue weighted by Gasteiger charge is 2.14. The Morgan fingerprint density at radius 3 is 2.78 bits per heavy atom. The van der Waals surface area contributed by atoms with E-state index in [0.717, 1.165) is 10.2 Å². The fraction of sp³-hybridized carbons (Fsp3) is 0.100. The van der Waals surface area contributed by atoms with Gasteiger partial charge in [-0.2, -0.15) is 0 Å². The summed E-state index contributed by atoms with van der Waals surface area (Å²) in [4.78, 5) is 4.63. The summed E-state index contributed by atoms with van der Waals surface area (Å²) < 4.78 is 16.7. The topological polar surface area (TPSA) is 42.0 Å². The first-order valence-electron chi connectivity index (χ1n) is 4.73. The third kappa shape index (κ3) is 3.24. The molecule has 0 aromatic carbocycles. The Balaban J connectivity index is 2.26. The van der Waals surface area contributed by atoms with Crippen molar-refractivity contribution in [2.75, 3.05) is 4.72 Å². The summed E-state index contributed by atoms with van der Waals surface area (Å²) in [5.41, 5.74) is 1.44. The van der Waals surface area contributed by atoms with Crippen molar-refractivity contribution in [1.82, 2.24) is 4.98 Å². The number of pyridine rings is 1. The first-order chi connectivity index (χ1) is 8.47. The minimum Gasteiger partial charge on any atom is -0.299 e. The van der Waals surface area contributed by atoms with Crippen molar-refractivity contribution in [3.05, 3.63) is 37.2 Å². The number of hydrogen-bond donors (Lipinski definition) is 1. The maximum Gasteiger partial charge on any atom is 0.152 e. The van der Waals surface area contributed by atoms with E-state index in [9.17, 15) is 4.21 Å². The van der Waals surface area contributed by atoms with Crippen molar-refractivity contribution < 1.29 is 4.21 Å². The van der Waals surface area contributed by atoms with Crippen molar-refractivity contribution in [3.63, 3.8) is 0 Å². The molecule has 8 heteroatoms. The Hall–Kier alpha value is -0.140. The van der Waals surface area contributed by atoms with E-state index >= 15 is 0 Å². The molecule has 1 atom stereocenters. The van der Waals surface area contributed by atoms with Crippen molar-refractivity contribution in [3.8, 4) is 0 Å². The zero-order chi connectivity index (χ0) is 13.3. The molecule has 2 rings (SSSR count). The molecule has 0 amide bonds. The van der Waals surface area contributed by atoms with Gasteiger partial charge in [0, 0.05) is 10.7 Å². The van der Waals surface area contributed by atoms with E-state index in [0.29, 0.717) is 19.3 Å². The molecule has 0 aliphatic carbocycles. The molecule has 0 radical (unpaired) electrons. The van der Waals surface area contributed by atoms with E-state index in [-0.39, 0.29) is 0 Å². The van der Waals surface area contributed by atoms with Crippen LogP contribution in [-0.4, -0.2) is 9.19 Å². The Kier molecular flexibility index (Phi) is 4.66. The largest absolute Gasteiger partial charge is 0.299 e. The molecule has 18 heavy (non-hydrogen) atoms. The van der Waals surface area contributed by atoms with Crippen LogP contribution in [0, 0.1) is 6.92 Å². The van der Waals surface area contributed by atoms with Crippen molar-refractivity contribution >= 4 is 67.1 Å². The molecule has 2 aromatic heterocycles. The minimum absolute atomic E-state index is 0.423. The Morgan fingerprint density at radius 2 is 2.17 bits per heavy atom. The molecule has 0 aliphatic rings. The number of rotatable bonds is 3. The Morgan fingerprint density at radius 1 is 1.44 bits per heavy atom. The van der Waals surface area contributed by atoms with Gasteiger partial charge in [-0.1, -0.05) is 23.2 Å². The number of thiophene rings is 1. The van der Waals surface area contributed by atoms with Crippen LogP contribution in [0.3, 0.4) is 0 Å². The van der Waals surface area contributed by atoms with Crippen LogP contribution in [0.2, 0.25) is 8.67 Å². The molecule has 3 nitrogen and oxygen atoms in total. The number of halogens is 3. The molecule has 0 fully saturated rings. The van der Waals surface area contributed by atoms with Crippen LogP contribution in [0.5, 0.6) is 0 Å². The van der Waals surface area contributed by atoms with E-state index < -0.39 is 11.0 Å². The maximum absolute atomic E-state index is 12.1. The van der Waals surface area contributed by atoms with Gasteiger partial charge in [0.1, 0.15) is 4.34 Å². The normalized spacial score (nSPS) is 12.4. The summed E-state index contributed by atoms with van der Waals surface area (Å²) >= 11 is 16.3. The van der Waals surface area contributed by atoms with Gasteiger partial charge in [-0.3, -0.25) is 9.71 Å². The van der Waals surface area contributed by atoms with Gasteiger partial charge in [-0.25, -0.2) is 4.21 Å². The first-order valence-corrected chi connectivity index (χ1v) is 8.24. The molecule has 2 aromatic rings. The van der Waals surface area contributed by atoms with Gasteiger partial charge in [0.05, 0.1) is 20.6 Å². The molecule has 0 aliphatic heterocycles. The lowest BCUT2D eigenvalue weighted by molar-refractivity contribution is 0.686. The van der Waals surface area contributed by atoms with Crippen LogP contribution >= 0.6 is 50.5 Å². The third-order valence-corrected chi connectivity index (χ3v) is 5.37. The lowest BCUT2D eigenvalue weighted by Crippen LogP contribution is -2.06. The van der Waals surface area contributed by atoms with E-state index in [1.165, 1.54) is 11.3 Å². The summed E-state index contributed by atoms with van der Waals surface area (Å²) in [5.74, 6) is 0. The highest BCUT2D eigenvalue weighted by molar-refractivity contribution is 9.10. The van der Waals surface area contributed by atoms with Crippen LogP contribution in [0.15, 0.2) is 27.7 Å². The van der Waals surface area contributed by atoms with Crippen LogP contribution in [-0.2, 0) is 11.0 Å². The standard InChI is InChI=1S/C10H7BrCl2N2OS2/c1-5-7(2-6(11)4-14-5)15-18(16)8-3-9(12)17-10(8)13/h2-4,15H,1H3. The van der Waals surface area contributed by atoms with Crippen LogP contribution in [0.1, 0.15) is 5.69 Å². The molecule has 1 unspecified atom stereocenters. The number of anilines is 1. The zero-order valence-electron chi connectivity index (χ0n) is 9.04. The van der Waals surface area contributed by atoms with E-state index in [1.807, 2.05) is 13.0 Å². The highest BCUT2D eigenvalue weighted by Crippen LogP contribution is 2.34. The average molecular weight is 386 g/mol. The van der Waals surface area contributed by atoms with Gasteiger partial charge in [0.15, 0.2) is 11.0 Å². The molecule has 96 valence electrons. The smallest absolute Gasteiger partial charge is 0.152 e. The molecule has 0 spiro atoms. The van der Waals surface area contributed by atoms with E-state index in [1.54, 1.807) is 12.3 Å². The summed E-state index contributed by atoms with van der Waals surface area (Å²) in [7, 11) is -1.46. The number of nitrogens with one attached hydrogen (secondary N) is 1. The second-order valence-corrected chi connectivity index (χ2v) is 7.73. The SMILES string of the molecule is Cc1ncc(Br)cc1NS(=O)c1cc(Cl)sc1Cl. The van der Waals surface area contributed by atoms with Gasteiger partial charge in [0.25, 0.3) is 0 Å². The highest BCUT2D eigenvalue weighted by atomic mass is 79.9. The molecule has 0 saturated carbocycles. The molecule has 0 bridgehead atoms. The van der Waals surface area contributed by atoms with Gasteiger partial charge in [0.2, 0.25) is 0 Å². The lowest BCUT2D eigenvalue weighted by atomic mass is 10.3. The van der Waals surface area contributed by atoms with Crippen molar-refractivity contribution in [2.45, 2.75) is 11.8 Å². The van der Waals surface area contributed by atoms with Gasteiger partial charge >= 0.3 is 0 Å². The second kappa shape index (κ2) is 5.88. The summed E-state index contributed by atoms with van der Waals surface area (Å²) in [6.45, 7) is 1.83. The summed E-state index contributed by atoms with van der Waals surface area (Å²) in [6, 6.07) is 3.40. The fourth-order valence-corrected chi connectivity index (χ4v) is 4.41. The zero-order valence-corrected chi connectivity index (χ0v) is 13.8. The van der Waals surface area contributed by atoms with E-state index in [2.05, 4.69) is 25.6 Å². The van der Waals surface area contributed by atoms with Gasteiger partial charge in [-0.15, -0.1) is 11.3 Å². The van der Waals surface area contributed by atoms with E-state index in [4.69, 9.17) is 23.2 Å². The average Bonchev–Trinajstić information content (AvgIpc) is 2.63. The van der Waals surface area contributed by atoms with Crippen LogP contribution < -0.4 is 4.72 Å². The summed E-state index contributed by atoms with van der Waals surface area (Å²) in [5, 5.41) is 0. The van der Waals surface area contributed by atoms with Gasteiger partial charge in [-0.05, 0) is 35.0 Å². The fourth-order valence-electron chi connectivity index (χ4n) is 1.22. The number of nitrogens with zero attached hydrogens (tertiary/aromatic N) is 1. The number of aromatic nitrogens is 1. The minimum atomic E-state index is -1.46. The lowest BCUT2D eigenvalue weighted by Gasteiger charge is -2.08. The molecular weight excluding hydrogens is 379 g/mol. The second-order valence-electron chi connectivity index (χ2n) is 3.35. The molecule has 1 N–H and O–H groups in total. The van der Waals surface area contributed by atoms with Crippen LogP contribution in [0.25, 0.3) is 0 Å². The first kappa shape index (κ1) is 14.3.